The summed E-state index contributed by atoms with van der Waals surface area (Å²) in [4.78, 5) is 18.0. The van der Waals surface area contributed by atoms with Crippen molar-refractivity contribution in [2.45, 2.75) is 25.4 Å². The molecule has 0 spiro atoms. The average Bonchev–Trinajstić information content (AvgIpc) is 2.37. The van der Waals surface area contributed by atoms with E-state index in [0.717, 1.165) is 0 Å². The summed E-state index contributed by atoms with van der Waals surface area (Å²) in [5.74, 6) is -0.195. The minimum atomic E-state index is -0.696. The van der Waals surface area contributed by atoms with Gasteiger partial charge in [-0.2, -0.15) is 0 Å². The van der Waals surface area contributed by atoms with E-state index in [2.05, 4.69) is 20.9 Å². The van der Waals surface area contributed by atoms with E-state index in [1.54, 1.807) is 11.8 Å². The molecule has 0 unspecified atom stereocenters. The minimum absolute atomic E-state index is 0.135. The summed E-state index contributed by atoms with van der Waals surface area (Å²) in [6.07, 6.45) is 2.52. The highest BCUT2D eigenvalue weighted by Crippen LogP contribution is 2.23. The number of nitrogen functional groups attached to an aromatic ring is 1. The number of amides is 1. The largest absolute Gasteiger partial charge is 0.398 e. The Morgan fingerprint density at radius 1 is 1.55 bits per heavy atom. The lowest BCUT2D eigenvalue weighted by Crippen LogP contribution is -2.45. The van der Waals surface area contributed by atoms with Crippen LogP contribution in [0.4, 0.5) is 5.69 Å². The first-order valence-electron chi connectivity index (χ1n) is 6.32. The van der Waals surface area contributed by atoms with Crippen LogP contribution in [0.5, 0.6) is 0 Å². The van der Waals surface area contributed by atoms with Gasteiger partial charge in [0.2, 0.25) is 0 Å². The summed E-state index contributed by atoms with van der Waals surface area (Å²) < 4.78 is 0.135. The Labute approximate surface area is 125 Å². The van der Waals surface area contributed by atoms with Crippen LogP contribution < -0.4 is 5.73 Å². The van der Waals surface area contributed by atoms with Gasteiger partial charge in [-0.15, -0.1) is 0 Å². The van der Waals surface area contributed by atoms with Gasteiger partial charge in [-0.1, -0.05) is 0 Å². The summed E-state index contributed by atoms with van der Waals surface area (Å²) in [6, 6.07) is 1.49. The molecule has 1 saturated heterocycles. The fourth-order valence-electron chi connectivity index (χ4n) is 2.12. The lowest BCUT2D eigenvalue weighted by molar-refractivity contribution is -0.00219. The van der Waals surface area contributed by atoms with Crippen molar-refractivity contribution in [3.05, 3.63) is 23.5 Å². The smallest absolute Gasteiger partial charge is 0.272 e. The molecule has 4 N–H and O–H groups in total. The number of hydrogen-bond acceptors (Lipinski definition) is 5. The monoisotopic (exact) mass is 340 g/mol. The van der Waals surface area contributed by atoms with Gasteiger partial charge in [0.05, 0.1) is 5.60 Å². The number of aromatic nitrogens is 1. The van der Waals surface area contributed by atoms with Crippen LogP contribution in [0.3, 0.4) is 0 Å². The van der Waals surface area contributed by atoms with E-state index in [-0.39, 0.29) is 16.2 Å². The third-order valence-corrected chi connectivity index (χ3v) is 3.95. The van der Waals surface area contributed by atoms with E-state index < -0.39 is 5.60 Å². The molecule has 108 valence electrons. The molecule has 0 saturated carbocycles. The molecule has 0 aromatic carbocycles. The van der Waals surface area contributed by atoms with Crippen LogP contribution in [-0.2, 0) is 0 Å². The molecule has 6 nitrogen and oxygen atoms in total. The van der Waals surface area contributed by atoms with Gasteiger partial charge >= 0.3 is 0 Å². The standard InChI is InChI=1S/C13H17BrN4O2/c1-13(20)2-4-18(5-3-13)12(19)10-6-9(15)8(7-17-10)11(14)16/h6-7,16,20H,2-5H2,1H3,(H2,15,17). The molecule has 0 bridgehead atoms. The van der Waals surface area contributed by atoms with Crippen molar-refractivity contribution in [2.75, 3.05) is 18.8 Å². The van der Waals surface area contributed by atoms with Gasteiger partial charge in [0.1, 0.15) is 10.3 Å². The number of nitrogens with one attached hydrogen (secondary N) is 1. The molecule has 2 rings (SSSR count). The number of nitrogens with zero attached hydrogens (tertiary/aromatic N) is 2. The van der Waals surface area contributed by atoms with Crippen molar-refractivity contribution in [2.24, 2.45) is 0 Å². The SMILES string of the molecule is CC1(O)CCN(C(=O)c2cc(N)c(C(=N)Br)cn2)CC1. The highest BCUT2D eigenvalue weighted by atomic mass is 79.9. The highest BCUT2D eigenvalue weighted by Gasteiger charge is 2.30. The van der Waals surface area contributed by atoms with Crippen LogP contribution in [0.1, 0.15) is 35.8 Å². The molecular weight excluding hydrogens is 324 g/mol. The molecule has 7 heteroatoms. The molecule has 0 aliphatic carbocycles. The first-order valence-corrected chi connectivity index (χ1v) is 7.11. The van der Waals surface area contributed by atoms with Gasteiger partial charge in [-0.25, -0.2) is 0 Å². The van der Waals surface area contributed by atoms with Gasteiger partial charge < -0.3 is 15.7 Å². The fraction of sp³-hybridized carbons (Fsp3) is 0.462. The molecule has 0 radical (unpaired) electrons. The van der Waals surface area contributed by atoms with Gasteiger partial charge in [0, 0.05) is 30.5 Å². The van der Waals surface area contributed by atoms with Crippen molar-refractivity contribution < 1.29 is 9.90 Å². The van der Waals surface area contributed by atoms with E-state index in [1.165, 1.54) is 12.3 Å². The Morgan fingerprint density at radius 2 is 2.15 bits per heavy atom. The second kappa shape index (κ2) is 5.49. The van der Waals surface area contributed by atoms with E-state index in [9.17, 15) is 9.90 Å². The summed E-state index contributed by atoms with van der Waals surface area (Å²) in [6.45, 7) is 2.79. The molecule has 1 aliphatic rings. The number of carbonyl (C=O) groups is 1. The third-order valence-electron chi connectivity index (χ3n) is 3.52. The van der Waals surface area contributed by atoms with E-state index >= 15 is 0 Å². The molecule has 1 fully saturated rings. The van der Waals surface area contributed by atoms with E-state index in [1.807, 2.05) is 0 Å². The van der Waals surface area contributed by atoms with Crippen LogP contribution >= 0.6 is 15.9 Å². The molecule has 1 aliphatic heterocycles. The van der Waals surface area contributed by atoms with Crippen LogP contribution in [0.25, 0.3) is 0 Å². The van der Waals surface area contributed by atoms with Crippen molar-refractivity contribution in [3.63, 3.8) is 0 Å². The highest BCUT2D eigenvalue weighted by molar-refractivity contribution is 9.18. The number of likely N-dealkylation sites (tertiary alicyclic amines) is 1. The van der Waals surface area contributed by atoms with Gasteiger partial charge in [0.25, 0.3) is 5.91 Å². The quantitative estimate of drug-likeness (QED) is 0.707. The van der Waals surface area contributed by atoms with Crippen molar-refractivity contribution in [1.29, 1.82) is 5.41 Å². The Balaban J connectivity index is 2.14. The molecule has 2 heterocycles. The summed E-state index contributed by atoms with van der Waals surface area (Å²) >= 11 is 3.02. The van der Waals surface area contributed by atoms with Crippen molar-refractivity contribution >= 4 is 32.1 Å². The molecule has 1 amide bonds. The Bertz CT molecular complexity index is 549. The first kappa shape index (κ1) is 14.9. The van der Waals surface area contributed by atoms with Crippen molar-refractivity contribution in [1.82, 2.24) is 9.88 Å². The van der Waals surface area contributed by atoms with Gasteiger partial charge in [-0.3, -0.25) is 15.2 Å². The maximum Gasteiger partial charge on any atom is 0.272 e. The van der Waals surface area contributed by atoms with Crippen molar-refractivity contribution in [3.8, 4) is 0 Å². The Morgan fingerprint density at radius 3 is 2.65 bits per heavy atom. The zero-order chi connectivity index (χ0) is 14.9. The third kappa shape index (κ3) is 3.16. The predicted molar refractivity (Wildman–Crippen MR) is 80.2 cm³/mol. The molecule has 0 atom stereocenters. The van der Waals surface area contributed by atoms with Gasteiger partial charge in [-0.05, 0) is 41.8 Å². The summed E-state index contributed by atoms with van der Waals surface area (Å²) in [7, 11) is 0. The number of carbonyl (C=O) groups excluding carboxylic acids is 1. The number of anilines is 1. The van der Waals surface area contributed by atoms with E-state index in [4.69, 9.17) is 11.1 Å². The molecular formula is C13H17BrN4O2. The Hall–Kier alpha value is -1.47. The minimum Gasteiger partial charge on any atom is -0.398 e. The lowest BCUT2D eigenvalue weighted by Gasteiger charge is -2.35. The number of hydrogen-bond donors (Lipinski definition) is 3. The number of aliphatic hydroxyl groups is 1. The predicted octanol–water partition coefficient (Wildman–Crippen LogP) is 1.37. The lowest BCUT2D eigenvalue weighted by atomic mass is 9.93. The number of halogens is 1. The fourth-order valence-corrected chi connectivity index (χ4v) is 2.46. The number of nitrogens with two attached hydrogens (primary N) is 1. The van der Waals surface area contributed by atoms with Crippen LogP contribution in [0.15, 0.2) is 12.3 Å². The summed E-state index contributed by atoms with van der Waals surface area (Å²) in [5, 5.41) is 17.4. The zero-order valence-corrected chi connectivity index (χ0v) is 12.8. The maximum atomic E-state index is 12.3. The topological polar surface area (TPSA) is 103 Å². The van der Waals surface area contributed by atoms with Crippen LogP contribution in [0, 0.1) is 5.41 Å². The first-order chi connectivity index (χ1) is 9.30. The average molecular weight is 341 g/mol. The molecule has 1 aromatic rings. The Kier molecular flexibility index (Phi) is 4.10. The second-order valence-electron chi connectivity index (χ2n) is 5.26. The van der Waals surface area contributed by atoms with Crippen LogP contribution in [0.2, 0.25) is 0 Å². The zero-order valence-electron chi connectivity index (χ0n) is 11.2. The molecule has 20 heavy (non-hydrogen) atoms. The second-order valence-corrected chi connectivity index (χ2v) is 6.05. The number of rotatable bonds is 2. The van der Waals surface area contributed by atoms with E-state index in [0.29, 0.717) is 37.2 Å². The number of piperidine rings is 1. The normalized spacial score (nSPS) is 17.9. The van der Waals surface area contributed by atoms with Gasteiger partial charge in [0.15, 0.2) is 0 Å². The molecule has 1 aromatic heterocycles. The number of pyridine rings is 1. The van der Waals surface area contributed by atoms with Crippen LogP contribution in [-0.4, -0.2) is 44.2 Å². The summed E-state index contributed by atoms with van der Waals surface area (Å²) in [5.41, 5.74) is 6.18. The maximum absolute atomic E-state index is 12.3.